The Morgan fingerprint density at radius 3 is 2.95 bits per heavy atom. The Bertz CT molecular complexity index is 636. The van der Waals surface area contributed by atoms with Crippen molar-refractivity contribution in [2.75, 3.05) is 5.73 Å². The minimum atomic E-state index is -0.312. The molecule has 1 amide bonds. The lowest BCUT2D eigenvalue weighted by molar-refractivity contribution is 0.0937. The molecule has 0 aliphatic heterocycles. The summed E-state index contributed by atoms with van der Waals surface area (Å²) in [7, 11) is 0. The van der Waals surface area contributed by atoms with Crippen LogP contribution in [0.4, 0.5) is 5.69 Å². The Balaban J connectivity index is 1.85. The van der Waals surface area contributed by atoms with Crippen LogP contribution < -0.4 is 11.1 Å². The summed E-state index contributed by atoms with van der Waals surface area (Å²) in [6, 6.07) is 5.57. The van der Waals surface area contributed by atoms with Crippen LogP contribution in [0.5, 0.6) is 0 Å². The third kappa shape index (κ3) is 2.60. The number of nitrogens with two attached hydrogens (primary N) is 1. The van der Waals surface area contributed by atoms with Crippen molar-refractivity contribution >= 4 is 27.5 Å². The molecule has 0 radical (unpaired) electrons. The quantitative estimate of drug-likeness (QED) is 0.842. The lowest BCUT2D eigenvalue weighted by atomic mass is 10.2. The van der Waals surface area contributed by atoms with Gasteiger partial charge in [0.25, 0.3) is 17.6 Å². The summed E-state index contributed by atoms with van der Waals surface area (Å²) < 4.78 is 5.94. The number of carbonyl (C=O) groups excluding carboxylic acids is 1. The summed E-state index contributed by atoms with van der Waals surface area (Å²) in [6.45, 7) is 0. The molecule has 1 saturated carbocycles. The number of amides is 1. The number of anilines is 1. The van der Waals surface area contributed by atoms with Gasteiger partial charge in [0.15, 0.2) is 0 Å². The van der Waals surface area contributed by atoms with Crippen molar-refractivity contribution < 1.29 is 9.32 Å². The highest BCUT2D eigenvalue weighted by atomic mass is 79.9. The summed E-state index contributed by atoms with van der Waals surface area (Å²) in [5, 5.41) is 6.47. The number of carbonyl (C=O) groups is 1. The lowest BCUT2D eigenvalue weighted by Crippen LogP contribution is -2.26. The molecule has 3 N–H and O–H groups in total. The number of aromatic nitrogens is 2. The normalized spacial score (nSPS) is 14.4. The van der Waals surface area contributed by atoms with Crippen LogP contribution >= 0.6 is 15.9 Å². The Morgan fingerprint density at radius 2 is 2.26 bits per heavy atom. The van der Waals surface area contributed by atoms with Crippen molar-refractivity contribution in [2.45, 2.75) is 18.9 Å². The van der Waals surface area contributed by atoms with E-state index in [1.54, 1.807) is 12.1 Å². The molecule has 0 saturated heterocycles. The molecule has 1 aliphatic carbocycles. The fraction of sp³-hybridized carbons (Fsp3) is 0.250. The maximum absolute atomic E-state index is 11.7. The second kappa shape index (κ2) is 4.65. The number of nitrogen functional groups attached to an aromatic ring is 1. The van der Waals surface area contributed by atoms with Gasteiger partial charge >= 0.3 is 0 Å². The van der Waals surface area contributed by atoms with Gasteiger partial charge in [-0.25, -0.2) is 0 Å². The van der Waals surface area contributed by atoms with E-state index in [2.05, 4.69) is 31.4 Å². The van der Waals surface area contributed by atoms with Gasteiger partial charge in [0.2, 0.25) is 0 Å². The van der Waals surface area contributed by atoms with E-state index in [0.29, 0.717) is 11.3 Å². The van der Waals surface area contributed by atoms with Crippen molar-refractivity contribution in [2.24, 2.45) is 0 Å². The van der Waals surface area contributed by atoms with Crippen LogP contribution in [0.1, 0.15) is 23.5 Å². The van der Waals surface area contributed by atoms with Gasteiger partial charge < -0.3 is 15.6 Å². The molecule has 3 rings (SSSR count). The van der Waals surface area contributed by atoms with Gasteiger partial charge in [-0.2, -0.15) is 4.98 Å². The number of rotatable bonds is 3. The minimum Gasteiger partial charge on any atom is -0.398 e. The third-order valence-electron chi connectivity index (χ3n) is 2.79. The Labute approximate surface area is 117 Å². The molecule has 0 bridgehead atoms. The molecular formula is C12H11BrN4O2. The summed E-state index contributed by atoms with van der Waals surface area (Å²) >= 11 is 3.32. The van der Waals surface area contributed by atoms with Crippen LogP contribution in [0, 0.1) is 0 Å². The van der Waals surface area contributed by atoms with Crippen molar-refractivity contribution in [3.05, 3.63) is 28.5 Å². The first-order valence-corrected chi connectivity index (χ1v) is 6.63. The number of nitrogens with one attached hydrogen (secondary N) is 1. The second-order valence-corrected chi connectivity index (χ2v) is 5.32. The fourth-order valence-electron chi connectivity index (χ4n) is 1.63. The summed E-state index contributed by atoms with van der Waals surface area (Å²) in [6.07, 6.45) is 2.02. The van der Waals surface area contributed by atoms with E-state index in [1.165, 1.54) is 0 Å². The molecule has 1 aromatic carbocycles. The van der Waals surface area contributed by atoms with Crippen LogP contribution in [0.25, 0.3) is 11.5 Å². The molecule has 1 fully saturated rings. The van der Waals surface area contributed by atoms with E-state index in [0.717, 1.165) is 17.3 Å². The summed E-state index contributed by atoms with van der Waals surface area (Å²) in [5.74, 6) is -0.0386. The molecule has 6 nitrogen and oxygen atoms in total. The van der Waals surface area contributed by atoms with Crippen LogP contribution in [0.3, 0.4) is 0 Å². The first-order valence-electron chi connectivity index (χ1n) is 5.83. The van der Waals surface area contributed by atoms with Crippen molar-refractivity contribution in [1.29, 1.82) is 0 Å². The molecule has 19 heavy (non-hydrogen) atoms. The van der Waals surface area contributed by atoms with Gasteiger partial charge in [-0.1, -0.05) is 21.1 Å². The fourth-order valence-corrected chi connectivity index (χ4v) is 2.01. The smallest absolute Gasteiger partial charge is 0.292 e. The molecule has 1 aliphatic rings. The lowest BCUT2D eigenvalue weighted by Gasteiger charge is -2.00. The molecular weight excluding hydrogens is 312 g/mol. The Hall–Kier alpha value is -1.89. The predicted octanol–water partition coefficient (Wildman–Crippen LogP) is 1.97. The zero-order valence-electron chi connectivity index (χ0n) is 9.89. The van der Waals surface area contributed by atoms with Gasteiger partial charge in [0.1, 0.15) is 0 Å². The molecule has 2 aromatic rings. The maximum Gasteiger partial charge on any atom is 0.292 e. The first-order chi connectivity index (χ1) is 9.13. The molecule has 0 unspecified atom stereocenters. The summed E-state index contributed by atoms with van der Waals surface area (Å²) in [4.78, 5) is 15.8. The highest BCUT2D eigenvalue weighted by molar-refractivity contribution is 9.10. The monoisotopic (exact) mass is 322 g/mol. The second-order valence-electron chi connectivity index (χ2n) is 4.40. The van der Waals surface area contributed by atoms with E-state index < -0.39 is 0 Å². The topological polar surface area (TPSA) is 94.0 Å². The molecule has 0 spiro atoms. The van der Waals surface area contributed by atoms with Crippen molar-refractivity contribution in [3.63, 3.8) is 0 Å². The van der Waals surface area contributed by atoms with E-state index in [1.807, 2.05) is 6.07 Å². The molecule has 98 valence electrons. The van der Waals surface area contributed by atoms with Gasteiger partial charge in [0, 0.05) is 16.2 Å². The average Bonchev–Trinajstić information content (AvgIpc) is 3.04. The predicted molar refractivity (Wildman–Crippen MR) is 72.3 cm³/mol. The largest absolute Gasteiger partial charge is 0.398 e. The maximum atomic E-state index is 11.7. The van der Waals surface area contributed by atoms with E-state index >= 15 is 0 Å². The molecule has 0 atom stereocenters. The van der Waals surface area contributed by atoms with Crippen LogP contribution in [-0.4, -0.2) is 22.1 Å². The average molecular weight is 323 g/mol. The number of nitrogens with zero attached hydrogens (tertiary/aromatic N) is 2. The number of hydrogen-bond acceptors (Lipinski definition) is 5. The van der Waals surface area contributed by atoms with Crippen LogP contribution in [0.15, 0.2) is 27.2 Å². The summed E-state index contributed by atoms with van der Waals surface area (Å²) in [5.41, 5.74) is 6.99. The molecule has 7 heteroatoms. The minimum absolute atomic E-state index is 0.0317. The number of halogens is 1. The molecule has 1 heterocycles. The van der Waals surface area contributed by atoms with E-state index in [9.17, 15) is 4.79 Å². The van der Waals surface area contributed by atoms with E-state index in [4.69, 9.17) is 10.3 Å². The van der Waals surface area contributed by atoms with Gasteiger partial charge in [-0.05, 0) is 31.0 Å². The third-order valence-corrected chi connectivity index (χ3v) is 3.28. The van der Waals surface area contributed by atoms with Gasteiger partial charge in [0.05, 0.1) is 5.56 Å². The van der Waals surface area contributed by atoms with E-state index in [-0.39, 0.29) is 23.7 Å². The zero-order valence-corrected chi connectivity index (χ0v) is 11.5. The Kier molecular flexibility index (Phi) is 2.98. The van der Waals surface area contributed by atoms with Crippen LogP contribution in [0.2, 0.25) is 0 Å². The molecule has 1 aromatic heterocycles. The zero-order chi connectivity index (χ0) is 13.4. The highest BCUT2D eigenvalue weighted by Gasteiger charge is 2.26. The first kappa shape index (κ1) is 12.2. The Morgan fingerprint density at radius 1 is 1.47 bits per heavy atom. The van der Waals surface area contributed by atoms with Gasteiger partial charge in [-0.15, -0.1) is 0 Å². The SMILES string of the molecule is Nc1cc(Br)ccc1-c1nc(C(=O)NC2CC2)no1. The van der Waals surface area contributed by atoms with Crippen LogP contribution in [-0.2, 0) is 0 Å². The number of hydrogen-bond donors (Lipinski definition) is 2. The standard InChI is InChI=1S/C12H11BrN4O2/c13-6-1-4-8(9(14)5-6)12-16-10(17-19-12)11(18)15-7-2-3-7/h1,4-5,7H,2-3,14H2,(H,15,18). The van der Waals surface area contributed by atoms with Crippen molar-refractivity contribution in [1.82, 2.24) is 15.5 Å². The van der Waals surface area contributed by atoms with Crippen molar-refractivity contribution in [3.8, 4) is 11.5 Å². The van der Waals surface area contributed by atoms with Gasteiger partial charge in [-0.3, -0.25) is 4.79 Å². The number of benzene rings is 1. The highest BCUT2D eigenvalue weighted by Crippen LogP contribution is 2.27.